The van der Waals surface area contributed by atoms with Gasteiger partial charge in [-0.2, -0.15) is 0 Å². The maximum Gasteiger partial charge on any atom is 0.227 e. The van der Waals surface area contributed by atoms with E-state index >= 15 is 0 Å². The van der Waals surface area contributed by atoms with Crippen molar-refractivity contribution in [1.29, 1.82) is 0 Å². The zero-order valence-corrected chi connectivity index (χ0v) is 18.8. The van der Waals surface area contributed by atoms with Crippen LogP contribution in [0.4, 0.5) is 0 Å². The van der Waals surface area contributed by atoms with Crippen LogP contribution in [0.25, 0.3) is 66.4 Å². The number of aromatic nitrogens is 2. The molecule has 7 aromatic rings. The molecule has 164 valence electrons. The lowest BCUT2D eigenvalue weighted by atomic mass is 9.86. The minimum Gasteiger partial charge on any atom is -0.436 e. The molecule has 0 saturated heterocycles. The number of rotatable bonds is 3. The van der Waals surface area contributed by atoms with E-state index in [0.717, 1.165) is 27.8 Å². The highest BCUT2D eigenvalue weighted by atomic mass is 16.3. The van der Waals surface area contributed by atoms with Crippen molar-refractivity contribution in [2.45, 2.75) is 0 Å². The van der Waals surface area contributed by atoms with Gasteiger partial charge in [-0.15, -0.1) is 0 Å². The molecule has 0 N–H and O–H groups in total. The van der Waals surface area contributed by atoms with E-state index in [2.05, 4.69) is 88.8 Å². The normalized spacial score (nSPS) is 11.4. The van der Waals surface area contributed by atoms with E-state index in [4.69, 9.17) is 4.42 Å². The number of nitrogens with zero attached hydrogens (tertiary/aromatic N) is 2. The van der Waals surface area contributed by atoms with Crippen LogP contribution < -0.4 is 0 Å². The van der Waals surface area contributed by atoms with Crippen molar-refractivity contribution in [2.24, 2.45) is 0 Å². The second-order valence-corrected chi connectivity index (χ2v) is 8.65. The van der Waals surface area contributed by atoms with E-state index in [1.165, 1.54) is 32.7 Å². The van der Waals surface area contributed by atoms with Gasteiger partial charge in [0.05, 0.1) is 0 Å². The summed E-state index contributed by atoms with van der Waals surface area (Å²) in [6.45, 7) is 0. The third-order valence-electron chi connectivity index (χ3n) is 6.60. The molecule has 3 heteroatoms. The van der Waals surface area contributed by atoms with Crippen molar-refractivity contribution in [3.63, 3.8) is 0 Å². The number of hydrogen-bond donors (Lipinski definition) is 0. The van der Waals surface area contributed by atoms with Crippen LogP contribution in [0.1, 0.15) is 0 Å². The van der Waals surface area contributed by atoms with Crippen molar-refractivity contribution >= 4 is 32.6 Å². The summed E-state index contributed by atoms with van der Waals surface area (Å²) >= 11 is 0. The molecular formula is C32H20N2O. The second kappa shape index (κ2) is 7.93. The smallest absolute Gasteiger partial charge is 0.227 e. The van der Waals surface area contributed by atoms with Crippen molar-refractivity contribution in [3.8, 4) is 33.7 Å². The molecule has 0 radical (unpaired) electrons. The molecule has 0 amide bonds. The van der Waals surface area contributed by atoms with Gasteiger partial charge in [-0.25, -0.2) is 4.98 Å². The first-order chi connectivity index (χ1) is 17.4. The molecule has 3 nitrogen and oxygen atoms in total. The first-order valence-corrected chi connectivity index (χ1v) is 11.7. The first-order valence-electron chi connectivity index (χ1n) is 11.7. The van der Waals surface area contributed by atoms with Crippen molar-refractivity contribution in [1.82, 2.24) is 9.97 Å². The predicted molar refractivity (Wildman–Crippen MR) is 143 cm³/mol. The predicted octanol–water partition coefficient (Wildman–Crippen LogP) is 8.53. The summed E-state index contributed by atoms with van der Waals surface area (Å²) in [5.74, 6) is 0.638. The van der Waals surface area contributed by atoms with Crippen LogP contribution in [-0.4, -0.2) is 9.97 Å². The van der Waals surface area contributed by atoms with Gasteiger partial charge in [-0.3, -0.25) is 4.98 Å². The number of para-hydroxylation sites is 2. The highest BCUT2D eigenvalue weighted by Gasteiger charge is 2.17. The quantitative estimate of drug-likeness (QED) is 0.254. The molecule has 0 atom stereocenters. The fourth-order valence-electron chi connectivity index (χ4n) is 5.04. The molecule has 35 heavy (non-hydrogen) atoms. The molecule has 0 bridgehead atoms. The lowest BCUT2D eigenvalue weighted by molar-refractivity contribution is 0.620. The molecule has 0 aliphatic heterocycles. The topological polar surface area (TPSA) is 38.9 Å². The molecule has 0 spiro atoms. The summed E-state index contributed by atoms with van der Waals surface area (Å²) in [6, 6.07) is 37.8. The van der Waals surface area contributed by atoms with Crippen molar-refractivity contribution in [3.05, 3.63) is 122 Å². The van der Waals surface area contributed by atoms with Crippen LogP contribution >= 0.6 is 0 Å². The van der Waals surface area contributed by atoms with Gasteiger partial charge in [0.1, 0.15) is 5.52 Å². The van der Waals surface area contributed by atoms with Gasteiger partial charge >= 0.3 is 0 Å². The highest BCUT2D eigenvalue weighted by molar-refractivity contribution is 6.21. The van der Waals surface area contributed by atoms with Crippen molar-refractivity contribution < 1.29 is 4.42 Å². The molecule has 0 aliphatic carbocycles. The summed E-state index contributed by atoms with van der Waals surface area (Å²) in [5, 5.41) is 4.88. The van der Waals surface area contributed by atoms with Crippen LogP contribution in [0.5, 0.6) is 0 Å². The zero-order chi connectivity index (χ0) is 23.2. The van der Waals surface area contributed by atoms with Gasteiger partial charge in [0.25, 0.3) is 0 Å². The third kappa shape index (κ3) is 3.21. The van der Waals surface area contributed by atoms with Gasteiger partial charge < -0.3 is 4.42 Å². The fraction of sp³-hybridized carbons (Fsp3) is 0. The van der Waals surface area contributed by atoms with Crippen LogP contribution in [-0.2, 0) is 0 Å². The minimum absolute atomic E-state index is 0.638. The molecule has 0 saturated carbocycles. The summed E-state index contributed by atoms with van der Waals surface area (Å²) in [4.78, 5) is 9.05. The summed E-state index contributed by atoms with van der Waals surface area (Å²) in [5.41, 5.74) is 7.37. The SMILES string of the molecule is c1cncc(-c2c3ccccc3c(-c3ccc(-c4nc5ccccc5o4)cc3)c3ccccc23)c1. The summed E-state index contributed by atoms with van der Waals surface area (Å²) in [6.07, 6.45) is 3.77. The molecule has 2 heterocycles. The van der Waals surface area contributed by atoms with Crippen LogP contribution in [0.3, 0.4) is 0 Å². The summed E-state index contributed by atoms with van der Waals surface area (Å²) < 4.78 is 5.99. The Morgan fingerprint density at radius 3 is 1.66 bits per heavy atom. The maximum atomic E-state index is 5.99. The molecule has 5 aromatic carbocycles. The van der Waals surface area contributed by atoms with E-state index in [9.17, 15) is 0 Å². The number of pyridine rings is 1. The largest absolute Gasteiger partial charge is 0.436 e. The van der Waals surface area contributed by atoms with Gasteiger partial charge in [0, 0.05) is 23.5 Å². The van der Waals surface area contributed by atoms with E-state index < -0.39 is 0 Å². The van der Waals surface area contributed by atoms with Crippen LogP contribution in [0, 0.1) is 0 Å². The Labute approximate surface area is 202 Å². The molecule has 7 rings (SSSR count). The fourth-order valence-corrected chi connectivity index (χ4v) is 5.04. The third-order valence-corrected chi connectivity index (χ3v) is 6.60. The number of benzene rings is 5. The lowest BCUT2D eigenvalue weighted by Gasteiger charge is -2.17. The molecule has 0 fully saturated rings. The average molecular weight is 449 g/mol. The zero-order valence-electron chi connectivity index (χ0n) is 18.8. The monoisotopic (exact) mass is 448 g/mol. The Bertz CT molecular complexity index is 1740. The molecular weight excluding hydrogens is 428 g/mol. The Morgan fingerprint density at radius 1 is 0.486 bits per heavy atom. The van der Waals surface area contributed by atoms with Gasteiger partial charge in [-0.05, 0) is 68.6 Å². The van der Waals surface area contributed by atoms with E-state index in [-0.39, 0.29) is 0 Å². The Balaban J connectivity index is 1.46. The van der Waals surface area contributed by atoms with Crippen molar-refractivity contribution in [2.75, 3.05) is 0 Å². The van der Waals surface area contributed by atoms with E-state index in [0.29, 0.717) is 5.89 Å². The van der Waals surface area contributed by atoms with Gasteiger partial charge in [-0.1, -0.05) is 78.9 Å². The minimum atomic E-state index is 0.638. The first kappa shape index (κ1) is 19.7. The summed E-state index contributed by atoms with van der Waals surface area (Å²) in [7, 11) is 0. The Kier molecular flexibility index (Phi) is 4.46. The molecule has 0 unspecified atom stereocenters. The number of fused-ring (bicyclic) bond motifs is 3. The Hall–Kier alpha value is -4.76. The maximum absolute atomic E-state index is 5.99. The average Bonchev–Trinajstić information content (AvgIpc) is 3.37. The number of oxazole rings is 1. The lowest BCUT2D eigenvalue weighted by Crippen LogP contribution is -1.91. The van der Waals surface area contributed by atoms with E-state index in [1.54, 1.807) is 0 Å². The second-order valence-electron chi connectivity index (χ2n) is 8.65. The van der Waals surface area contributed by atoms with Crippen LogP contribution in [0.15, 0.2) is 126 Å². The van der Waals surface area contributed by atoms with Gasteiger partial charge in [0.15, 0.2) is 5.58 Å². The number of hydrogen-bond acceptors (Lipinski definition) is 3. The van der Waals surface area contributed by atoms with E-state index in [1.807, 2.05) is 42.7 Å². The molecule has 2 aromatic heterocycles. The van der Waals surface area contributed by atoms with Crippen LogP contribution in [0.2, 0.25) is 0 Å². The standard InChI is InChI=1S/C32H20N2O/c1-3-11-26-24(9-1)30(25-10-2-4-12-27(25)31(26)23-8-7-19-33-20-23)21-15-17-22(18-16-21)32-34-28-13-5-6-14-29(28)35-32/h1-20H. The highest BCUT2D eigenvalue weighted by Crippen LogP contribution is 2.43. The van der Waals surface area contributed by atoms with Gasteiger partial charge in [0.2, 0.25) is 5.89 Å². The molecule has 0 aliphatic rings. The Morgan fingerprint density at radius 2 is 1.06 bits per heavy atom.